The summed E-state index contributed by atoms with van der Waals surface area (Å²) in [6.45, 7) is 7.93. The molecule has 0 aromatic carbocycles. The van der Waals surface area contributed by atoms with Gasteiger partial charge in [-0.3, -0.25) is 0 Å². The molecule has 0 aliphatic heterocycles. The van der Waals surface area contributed by atoms with Crippen molar-refractivity contribution in [1.29, 1.82) is 5.26 Å². The summed E-state index contributed by atoms with van der Waals surface area (Å²) < 4.78 is 4.34. The summed E-state index contributed by atoms with van der Waals surface area (Å²) in [5, 5.41) is 14.9. The van der Waals surface area contributed by atoms with Crippen molar-refractivity contribution < 1.29 is 4.57 Å². The monoisotopic (exact) mass is 231 g/mol. The Kier molecular flexibility index (Phi) is 9.02. The van der Waals surface area contributed by atoms with Crippen molar-refractivity contribution >= 4 is 6.01 Å². The van der Waals surface area contributed by atoms with E-state index in [0.717, 1.165) is 13.1 Å². The zero-order valence-corrected chi connectivity index (χ0v) is 10.1. The summed E-state index contributed by atoms with van der Waals surface area (Å²) in [6, 6.07) is 1.28. The van der Waals surface area contributed by atoms with Gasteiger partial charge in [0.15, 0.2) is 0 Å². The number of allylic oxidation sites excluding steroid dienone is 1. The van der Waals surface area contributed by atoms with Crippen LogP contribution in [0, 0.1) is 11.5 Å². The minimum Gasteiger partial charge on any atom is -0.422 e. The van der Waals surface area contributed by atoms with E-state index in [9.17, 15) is 0 Å². The Morgan fingerprint density at radius 1 is 1.65 bits per heavy atom. The van der Waals surface area contributed by atoms with E-state index in [2.05, 4.69) is 46.4 Å². The van der Waals surface area contributed by atoms with E-state index >= 15 is 0 Å². The van der Waals surface area contributed by atoms with Crippen molar-refractivity contribution in [3.05, 3.63) is 36.8 Å². The van der Waals surface area contributed by atoms with Gasteiger partial charge in [-0.25, -0.2) is 9.13 Å². The third kappa shape index (κ3) is 7.71. The Morgan fingerprint density at radius 2 is 2.41 bits per heavy atom. The number of aliphatic imine (C=N–C) groups is 1. The number of nitriles is 1. The van der Waals surface area contributed by atoms with Gasteiger partial charge in [-0.05, 0) is 6.42 Å². The molecule has 1 aromatic rings. The lowest BCUT2D eigenvalue weighted by molar-refractivity contribution is -0.696. The fraction of sp³-hybridized carbons (Fsp3) is 0.417. The van der Waals surface area contributed by atoms with Crippen molar-refractivity contribution in [3.8, 4) is 6.19 Å². The first-order chi connectivity index (χ1) is 8.28. The zero-order chi connectivity index (χ0) is 12.9. The molecule has 0 amide bonds. The second-order valence-corrected chi connectivity index (χ2v) is 3.30. The Bertz CT molecular complexity index is 407. The van der Waals surface area contributed by atoms with Gasteiger partial charge in [-0.1, -0.05) is 26.0 Å². The minimum absolute atomic E-state index is 0.902. The van der Waals surface area contributed by atoms with Gasteiger partial charge >= 0.3 is 0 Å². The average molecular weight is 231 g/mol. The van der Waals surface area contributed by atoms with Gasteiger partial charge in [0.2, 0.25) is 6.33 Å². The van der Waals surface area contributed by atoms with Crippen LogP contribution in [0.2, 0.25) is 0 Å². The zero-order valence-electron chi connectivity index (χ0n) is 10.1. The lowest BCUT2D eigenvalue weighted by Gasteiger charge is -1.91. The highest BCUT2D eigenvalue weighted by molar-refractivity contribution is 5.46. The third-order valence-electron chi connectivity index (χ3n) is 1.96. The number of aryl methyl sites for hydroxylation is 1. The van der Waals surface area contributed by atoms with E-state index in [1.165, 1.54) is 25.0 Å². The Balaban J connectivity index is 0.000000437. The Hall–Kier alpha value is -2.18. The predicted molar refractivity (Wildman–Crippen MR) is 66.1 cm³/mol. The van der Waals surface area contributed by atoms with E-state index in [1.807, 2.05) is 6.08 Å². The molecule has 1 heterocycles. The normalized spacial score (nSPS) is 8.24. The molecule has 0 N–H and O–H groups in total. The quantitative estimate of drug-likeness (QED) is 0.330. The summed E-state index contributed by atoms with van der Waals surface area (Å²) in [7, 11) is 0. The lowest BCUT2D eigenvalue weighted by atomic mass is 10.3. The van der Waals surface area contributed by atoms with Crippen molar-refractivity contribution in [1.82, 2.24) is 4.57 Å². The molecule has 0 fully saturated rings. The fourth-order valence-corrected chi connectivity index (χ4v) is 1.19. The second kappa shape index (κ2) is 10.3. The minimum atomic E-state index is 0.902. The van der Waals surface area contributed by atoms with Gasteiger partial charge in [0.1, 0.15) is 18.9 Å². The standard InChI is InChI=1S/C10H17N2.C2N3/c1-3-5-7-12-9-8-11(10-12)6-4-2;3-1-5-2-4/h4,8-10H,2-3,5-7H2,1H3;/q+1;-1. The molecule has 0 aliphatic carbocycles. The molecule has 90 valence electrons. The highest BCUT2D eigenvalue weighted by Crippen LogP contribution is 1.88. The van der Waals surface area contributed by atoms with Crippen LogP contribution >= 0.6 is 0 Å². The highest BCUT2D eigenvalue weighted by Gasteiger charge is 1.99. The van der Waals surface area contributed by atoms with Crippen LogP contribution in [0.3, 0.4) is 0 Å². The maximum Gasteiger partial charge on any atom is 0.244 e. The van der Waals surface area contributed by atoms with Gasteiger partial charge in [0.05, 0.1) is 12.7 Å². The van der Waals surface area contributed by atoms with Gasteiger partial charge in [0.25, 0.3) is 0 Å². The fourth-order valence-electron chi connectivity index (χ4n) is 1.19. The van der Waals surface area contributed by atoms with Crippen molar-refractivity contribution in [3.63, 3.8) is 0 Å². The molecule has 0 atom stereocenters. The van der Waals surface area contributed by atoms with Gasteiger partial charge in [-0.15, -0.1) is 6.01 Å². The van der Waals surface area contributed by atoms with Gasteiger partial charge in [0, 0.05) is 0 Å². The number of unbranched alkanes of at least 4 members (excludes halogenated alkanes) is 1. The summed E-state index contributed by atoms with van der Waals surface area (Å²) in [5.74, 6) is 0. The van der Waals surface area contributed by atoms with Crippen LogP contribution < -0.4 is 4.57 Å². The Morgan fingerprint density at radius 3 is 2.88 bits per heavy atom. The molecular formula is C12H17N5. The van der Waals surface area contributed by atoms with Crippen LogP contribution in [0.25, 0.3) is 5.41 Å². The SMILES string of the molecule is C=CCn1cc[n+](CCCC)c1.N#CN=C=[N-]. The van der Waals surface area contributed by atoms with Crippen LogP contribution in [0.4, 0.5) is 0 Å². The molecule has 0 saturated heterocycles. The molecule has 0 radical (unpaired) electrons. The highest BCUT2D eigenvalue weighted by atomic mass is 15.1. The summed E-state index contributed by atoms with van der Waals surface area (Å²) in [5.41, 5.74) is 0. The summed E-state index contributed by atoms with van der Waals surface area (Å²) >= 11 is 0. The van der Waals surface area contributed by atoms with E-state index < -0.39 is 0 Å². The van der Waals surface area contributed by atoms with Crippen molar-refractivity contribution in [2.45, 2.75) is 32.9 Å². The first-order valence-corrected chi connectivity index (χ1v) is 5.42. The van der Waals surface area contributed by atoms with Crippen LogP contribution in [-0.2, 0) is 13.1 Å². The van der Waals surface area contributed by atoms with Gasteiger partial charge < -0.3 is 10.4 Å². The summed E-state index contributed by atoms with van der Waals surface area (Å²) in [4.78, 5) is 2.58. The van der Waals surface area contributed by atoms with E-state index in [4.69, 9.17) is 10.7 Å². The molecule has 0 aliphatic rings. The van der Waals surface area contributed by atoms with Crippen LogP contribution in [0.1, 0.15) is 19.8 Å². The van der Waals surface area contributed by atoms with Crippen LogP contribution in [-0.4, -0.2) is 10.6 Å². The maximum absolute atomic E-state index is 7.43. The molecule has 17 heavy (non-hydrogen) atoms. The van der Waals surface area contributed by atoms with Crippen molar-refractivity contribution in [2.75, 3.05) is 0 Å². The molecular weight excluding hydrogens is 214 g/mol. The molecule has 0 unspecified atom stereocenters. The number of nitrogens with zero attached hydrogens (tertiary/aromatic N) is 5. The second-order valence-electron chi connectivity index (χ2n) is 3.30. The molecule has 5 heteroatoms. The molecule has 1 rings (SSSR count). The number of aromatic nitrogens is 2. The first kappa shape index (κ1) is 14.8. The smallest absolute Gasteiger partial charge is 0.244 e. The number of hydrogen-bond donors (Lipinski definition) is 0. The third-order valence-corrected chi connectivity index (χ3v) is 1.96. The van der Waals surface area contributed by atoms with Crippen molar-refractivity contribution in [2.24, 2.45) is 4.99 Å². The molecule has 0 spiro atoms. The van der Waals surface area contributed by atoms with Gasteiger partial charge in [-0.2, -0.15) is 5.26 Å². The first-order valence-electron chi connectivity index (χ1n) is 5.42. The number of imidazole rings is 1. The maximum atomic E-state index is 7.43. The van der Waals surface area contributed by atoms with E-state index in [1.54, 1.807) is 0 Å². The molecule has 0 saturated carbocycles. The molecule has 1 aromatic heterocycles. The number of rotatable bonds is 5. The van der Waals surface area contributed by atoms with Crippen LogP contribution in [0.15, 0.2) is 36.4 Å². The lowest BCUT2D eigenvalue weighted by Crippen LogP contribution is -2.30. The Labute approximate surface area is 102 Å². The number of hydrogen-bond acceptors (Lipinski definition) is 2. The van der Waals surface area contributed by atoms with Crippen LogP contribution in [0.5, 0.6) is 0 Å². The largest absolute Gasteiger partial charge is 0.422 e. The van der Waals surface area contributed by atoms with E-state index in [-0.39, 0.29) is 0 Å². The predicted octanol–water partition coefficient (Wildman–Crippen LogP) is 1.97. The average Bonchev–Trinajstić information content (AvgIpc) is 2.77. The van der Waals surface area contributed by atoms with E-state index in [0.29, 0.717) is 0 Å². The molecule has 0 bridgehead atoms. The molecule has 5 nitrogen and oxygen atoms in total. The topological polar surface area (TPSA) is 67.3 Å². The summed E-state index contributed by atoms with van der Waals surface area (Å²) in [6.07, 6.45) is 12.0.